The number of hydrogen-bond acceptors (Lipinski definition) is 2. The number of nitrogens with one attached hydrogen (secondary N) is 2. The molecule has 0 saturated carbocycles. The maximum atomic E-state index is 12.1. The van der Waals surface area contributed by atoms with Gasteiger partial charge in [0.05, 0.1) is 21.7 Å². The highest BCUT2D eigenvalue weighted by atomic mass is 79.9. The predicted octanol–water partition coefficient (Wildman–Crippen LogP) is 3.69. The van der Waals surface area contributed by atoms with Crippen molar-refractivity contribution >= 4 is 50.7 Å². The monoisotopic (exact) mass is 350 g/mol. The average molecular weight is 352 g/mol. The summed E-state index contributed by atoms with van der Waals surface area (Å²) in [4.78, 5) is 12.1. The van der Waals surface area contributed by atoms with Crippen molar-refractivity contribution < 1.29 is 4.79 Å². The van der Waals surface area contributed by atoms with Crippen LogP contribution in [0, 0.1) is 5.92 Å². The minimum atomic E-state index is -0.0116. The van der Waals surface area contributed by atoms with Gasteiger partial charge >= 0.3 is 0 Å². The van der Waals surface area contributed by atoms with E-state index in [0.717, 1.165) is 19.4 Å². The van der Waals surface area contributed by atoms with Crippen LogP contribution >= 0.6 is 39.1 Å². The number of halogens is 3. The van der Waals surface area contributed by atoms with Crippen LogP contribution in [0.25, 0.3) is 0 Å². The van der Waals surface area contributed by atoms with Gasteiger partial charge in [-0.2, -0.15) is 0 Å². The lowest BCUT2D eigenvalue weighted by Crippen LogP contribution is -2.37. The van der Waals surface area contributed by atoms with Crippen molar-refractivity contribution in [2.75, 3.05) is 18.4 Å². The third kappa shape index (κ3) is 3.18. The number of carbonyl (C=O) groups excluding carboxylic acids is 1. The molecule has 1 aliphatic rings. The van der Waals surface area contributed by atoms with Gasteiger partial charge in [0.15, 0.2) is 0 Å². The summed E-state index contributed by atoms with van der Waals surface area (Å²) in [5.74, 6) is -0.0141. The molecule has 2 rings (SSSR count). The topological polar surface area (TPSA) is 41.1 Å². The van der Waals surface area contributed by atoms with Gasteiger partial charge in [-0.15, -0.1) is 0 Å². The van der Waals surface area contributed by atoms with Crippen LogP contribution in [0.3, 0.4) is 0 Å². The van der Waals surface area contributed by atoms with E-state index in [0.29, 0.717) is 26.8 Å². The fourth-order valence-corrected chi connectivity index (χ4v) is 2.75. The van der Waals surface area contributed by atoms with Crippen molar-refractivity contribution in [1.82, 2.24) is 5.32 Å². The van der Waals surface area contributed by atoms with E-state index in [1.165, 1.54) is 0 Å². The zero-order valence-electron chi connectivity index (χ0n) is 9.60. The first-order valence-electron chi connectivity index (χ1n) is 5.74. The van der Waals surface area contributed by atoms with Crippen molar-refractivity contribution in [3.05, 3.63) is 26.7 Å². The molecule has 1 aromatic rings. The Bertz CT molecular complexity index is 462. The van der Waals surface area contributed by atoms with Crippen LogP contribution in [-0.4, -0.2) is 19.0 Å². The number of hydrogen-bond donors (Lipinski definition) is 2. The Hall–Kier alpha value is -0.290. The second kappa shape index (κ2) is 6.24. The van der Waals surface area contributed by atoms with E-state index in [1.807, 2.05) is 0 Å². The lowest BCUT2D eigenvalue weighted by molar-refractivity contribution is -0.120. The van der Waals surface area contributed by atoms with Gasteiger partial charge in [-0.05, 0) is 47.4 Å². The molecule has 1 fully saturated rings. The lowest BCUT2D eigenvalue weighted by atomic mass is 9.99. The normalized spacial score (nSPS) is 19.6. The fourth-order valence-electron chi connectivity index (χ4n) is 1.93. The quantitative estimate of drug-likeness (QED) is 0.798. The first-order chi connectivity index (χ1) is 8.59. The molecule has 98 valence electrons. The van der Waals surface area contributed by atoms with Gasteiger partial charge in [0.1, 0.15) is 0 Å². The average Bonchev–Trinajstić information content (AvgIpc) is 2.40. The molecule has 0 radical (unpaired) electrons. The SMILES string of the molecule is O=C(Nc1ccc(Br)c(Cl)c1Cl)C1CCCNC1. The van der Waals surface area contributed by atoms with E-state index in [4.69, 9.17) is 23.2 Å². The molecular formula is C12H13BrCl2N2O. The number of anilines is 1. The summed E-state index contributed by atoms with van der Waals surface area (Å²) in [5.41, 5.74) is 0.556. The molecule has 0 aliphatic carbocycles. The zero-order chi connectivity index (χ0) is 13.1. The molecule has 3 nitrogen and oxygen atoms in total. The van der Waals surface area contributed by atoms with Crippen molar-refractivity contribution in [3.8, 4) is 0 Å². The van der Waals surface area contributed by atoms with Gasteiger partial charge in [0.25, 0.3) is 0 Å². The van der Waals surface area contributed by atoms with Crippen LogP contribution in [-0.2, 0) is 4.79 Å². The Balaban J connectivity index is 2.09. The first-order valence-corrected chi connectivity index (χ1v) is 7.29. The number of benzene rings is 1. The summed E-state index contributed by atoms with van der Waals surface area (Å²) in [5, 5.41) is 6.82. The number of rotatable bonds is 2. The summed E-state index contributed by atoms with van der Waals surface area (Å²) in [6.07, 6.45) is 1.92. The fraction of sp³-hybridized carbons (Fsp3) is 0.417. The Kier molecular flexibility index (Phi) is 4.90. The summed E-state index contributed by atoms with van der Waals surface area (Å²) >= 11 is 15.4. The van der Waals surface area contributed by atoms with Gasteiger partial charge in [-0.3, -0.25) is 4.79 Å². The Labute approximate surface area is 124 Å². The number of amides is 1. The molecule has 1 amide bonds. The number of piperidine rings is 1. The van der Waals surface area contributed by atoms with Gasteiger partial charge in [-0.25, -0.2) is 0 Å². The molecule has 0 spiro atoms. The maximum Gasteiger partial charge on any atom is 0.228 e. The van der Waals surface area contributed by atoms with Gasteiger partial charge in [-0.1, -0.05) is 23.2 Å². The molecule has 18 heavy (non-hydrogen) atoms. The minimum absolute atomic E-state index is 0.00256. The highest BCUT2D eigenvalue weighted by molar-refractivity contribution is 9.10. The van der Waals surface area contributed by atoms with Crippen molar-refractivity contribution in [3.63, 3.8) is 0 Å². The second-order valence-electron chi connectivity index (χ2n) is 4.26. The molecule has 1 saturated heterocycles. The molecular weight excluding hydrogens is 339 g/mol. The summed E-state index contributed by atoms with van der Waals surface area (Å²) in [7, 11) is 0. The van der Waals surface area contributed by atoms with E-state index in [9.17, 15) is 4.79 Å². The van der Waals surface area contributed by atoms with Gasteiger partial charge < -0.3 is 10.6 Å². The zero-order valence-corrected chi connectivity index (χ0v) is 12.7. The summed E-state index contributed by atoms with van der Waals surface area (Å²) in [6, 6.07) is 3.51. The molecule has 1 atom stereocenters. The van der Waals surface area contributed by atoms with Crippen LogP contribution < -0.4 is 10.6 Å². The van der Waals surface area contributed by atoms with Crippen LogP contribution in [0.15, 0.2) is 16.6 Å². The molecule has 2 N–H and O–H groups in total. The van der Waals surface area contributed by atoms with Gasteiger partial charge in [0.2, 0.25) is 5.91 Å². The molecule has 6 heteroatoms. The second-order valence-corrected chi connectivity index (χ2v) is 5.87. The summed E-state index contributed by atoms with van der Waals surface area (Å²) < 4.78 is 0.714. The molecule has 1 unspecified atom stereocenters. The number of carbonyl (C=O) groups is 1. The van der Waals surface area contributed by atoms with Gasteiger partial charge in [0, 0.05) is 11.0 Å². The van der Waals surface area contributed by atoms with E-state index in [-0.39, 0.29) is 11.8 Å². The van der Waals surface area contributed by atoms with Crippen LogP contribution in [0.1, 0.15) is 12.8 Å². The third-order valence-corrected chi connectivity index (χ3v) is 4.73. The predicted molar refractivity (Wildman–Crippen MR) is 78.4 cm³/mol. The highest BCUT2D eigenvalue weighted by Gasteiger charge is 2.22. The summed E-state index contributed by atoms with van der Waals surface area (Å²) in [6.45, 7) is 1.70. The molecule has 1 heterocycles. The Morgan fingerprint density at radius 1 is 1.39 bits per heavy atom. The smallest absolute Gasteiger partial charge is 0.228 e. The van der Waals surface area contributed by atoms with Crippen molar-refractivity contribution in [2.24, 2.45) is 5.92 Å². The molecule has 0 bridgehead atoms. The Morgan fingerprint density at radius 2 is 2.17 bits per heavy atom. The van der Waals surface area contributed by atoms with E-state index >= 15 is 0 Å². The van der Waals surface area contributed by atoms with E-state index < -0.39 is 0 Å². The highest BCUT2D eigenvalue weighted by Crippen LogP contribution is 2.36. The molecule has 0 aromatic heterocycles. The van der Waals surface area contributed by atoms with Crippen LogP contribution in [0.5, 0.6) is 0 Å². The Morgan fingerprint density at radius 3 is 2.83 bits per heavy atom. The van der Waals surface area contributed by atoms with Crippen LogP contribution in [0.4, 0.5) is 5.69 Å². The molecule has 1 aliphatic heterocycles. The first kappa shape index (κ1) is 14.1. The largest absolute Gasteiger partial charge is 0.324 e. The van der Waals surface area contributed by atoms with Crippen molar-refractivity contribution in [1.29, 1.82) is 0 Å². The van der Waals surface area contributed by atoms with E-state index in [2.05, 4.69) is 26.6 Å². The molecule has 1 aromatic carbocycles. The van der Waals surface area contributed by atoms with Crippen LogP contribution in [0.2, 0.25) is 10.0 Å². The van der Waals surface area contributed by atoms with Crippen molar-refractivity contribution in [2.45, 2.75) is 12.8 Å². The minimum Gasteiger partial charge on any atom is -0.324 e. The lowest BCUT2D eigenvalue weighted by Gasteiger charge is -2.22. The maximum absolute atomic E-state index is 12.1. The third-order valence-electron chi connectivity index (χ3n) is 2.96. The van der Waals surface area contributed by atoms with E-state index in [1.54, 1.807) is 12.1 Å². The standard InChI is InChI=1S/C12H13BrCl2N2O/c13-8-3-4-9(11(15)10(8)14)17-12(18)7-2-1-5-16-6-7/h3-4,7,16H,1-2,5-6H2,(H,17,18).